The van der Waals surface area contributed by atoms with Crippen LogP contribution in [0.25, 0.3) is 55.1 Å². The van der Waals surface area contributed by atoms with E-state index >= 15 is 0 Å². The van der Waals surface area contributed by atoms with Gasteiger partial charge < -0.3 is 13.9 Å². The smallest absolute Gasteiger partial charge is 0.399 e. The Kier molecular flexibility index (Phi) is 5.10. The normalized spacial score (nSPS) is 16.4. The largest absolute Gasteiger partial charge is 0.496 e. The van der Waals surface area contributed by atoms with E-state index in [0.29, 0.717) is 0 Å². The summed E-state index contributed by atoms with van der Waals surface area (Å²) >= 11 is 0. The van der Waals surface area contributed by atoms with E-state index in [9.17, 15) is 0 Å². The van der Waals surface area contributed by atoms with Crippen LogP contribution in [-0.4, -0.2) is 32.4 Å². The molecule has 0 bridgehead atoms. The summed E-state index contributed by atoms with van der Waals surface area (Å²) in [6, 6.07) is 36.6. The fraction of sp³-hybridized carbons (Fsp3) is 0.171. The lowest BCUT2D eigenvalue weighted by atomic mass is 9.80. The second-order valence-electron chi connectivity index (χ2n) is 12.0. The van der Waals surface area contributed by atoms with Gasteiger partial charge in [0.1, 0.15) is 5.82 Å². The van der Waals surface area contributed by atoms with Crippen LogP contribution in [0.5, 0.6) is 0 Å². The summed E-state index contributed by atoms with van der Waals surface area (Å²) in [5, 5.41) is 4.90. The van der Waals surface area contributed by atoms with Gasteiger partial charge in [-0.3, -0.25) is 4.57 Å². The highest BCUT2D eigenvalue weighted by Crippen LogP contribution is 2.39. The first kappa shape index (κ1) is 24.4. The number of fused-ring (bicyclic) bond motifs is 6. The average molecular weight is 535 g/mol. The molecule has 0 aliphatic carbocycles. The summed E-state index contributed by atoms with van der Waals surface area (Å²) in [6.45, 7) is 8.29. The molecule has 0 unspecified atom stereocenters. The lowest BCUT2D eigenvalue weighted by Gasteiger charge is -2.32. The Balaban J connectivity index is 1.36. The Hall–Kier alpha value is -4.39. The van der Waals surface area contributed by atoms with E-state index in [1.807, 2.05) is 6.20 Å². The maximum absolute atomic E-state index is 6.28. The predicted octanol–water partition coefficient (Wildman–Crippen LogP) is 7.58. The van der Waals surface area contributed by atoms with Crippen LogP contribution >= 0.6 is 0 Å². The van der Waals surface area contributed by atoms with Gasteiger partial charge in [0.2, 0.25) is 0 Å². The highest BCUT2D eigenvalue weighted by molar-refractivity contribution is 6.62. The zero-order valence-corrected chi connectivity index (χ0v) is 23.6. The van der Waals surface area contributed by atoms with Crippen molar-refractivity contribution in [2.45, 2.75) is 38.9 Å². The molecule has 0 saturated carbocycles. The van der Waals surface area contributed by atoms with Crippen molar-refractivity contribution in [3.05, 3.63) is 109 Å². The fourth-order valence-corrected chi connectivity index (χ4v) is 6.18. The van der Waals surface area contributed by atoms with E-state index in [4.69, 9.17) is 14.3 Å². The molecule has 1 saturated heterocycles. The molecule has 1 aliphatic heterocycles. The molecule has 0 radical (unpaired) electrons. The third-order valence-corrected chi connectivity index (χ3v) is 9.01. The quantitative estimate of drug-likeness (QED) is 0.219. The highest BCUT2D eigenvalue weighted by atomic mass is 16.7. The molecule has 3 aromatic heterocycles. The lowest BCUT2D eigenvalue weighted by molar-refractivity contribution is 0.00578. The molecule has 7 aromatic rings. The molecule has 5 nitrogen and oxygen atoms in total. The van der Waals surface area contributed by atoms with Gasteiger partial charge in [-0.1, -0.05) is 60.7 Å². The molecule has 200 valence electrons. The first-order valence-corrected chi connectivity index (χ1v) is 14.2. The first-order valence-electron chi connectivity index (χ1n) is 14.2. The van der Waals surface area contributed by atoms with E-state index in [0.717, 1.165) is 28.0 Å². The van der Waals surface area contributed by atoms with Crippen LogP contribution in [0.15, 0.2) is 109 Å². The van der Waals surface area contributed by atoms with Crippen molar-refractivity contribution in [1.29, 1.82) is 0 Å². The minimum Gasteiger partial charge on any atom is -0.399 e. The lowest BCUT2D eigenvalue weighted by Crippen LogP contribution is -2.41. The molecule has 1 fully saturated rings. The van der Waals surface area contributed by atoms with Crippen molar-refractivity contribution >= 4 is 56.2 Å². The molecular formula is C35H30BN3O2. The van der Waals surface area contributed by atoms with Gasteiger partial charge in [-0.15, -0.1) is 0 Å². The zero-order chi connectivity index (χ0) is 27.9. The molecule has 0 N–H and O–H groups in total. The summed E-state index contributed by atoms with van der Waals surface area (Å²) in [7, 11) is -0.444. The van der Waals surface area contributed by atoms with E-state index in [-0.39, 0.29) is 0 Å². The van der Waals surface area contributed by atoms with Crippen molar-refractivity contribution in [2.24, 2.45) is 0 Å². The first-order chi connectivity index (χ1) is 19.8. The van der Waals surface area contributed by atoms with Crippen LogP contribution in [0.4, 0.5) is 0 Å². The summed E-state index contributed by atoms with van der Waals surface area (Å²) in [5.74, 6) is 0.859. The van der Waals surface area contributed by atoms with Crippen molar-refractivity contribution in [3.63, 3.8) is 0 Å². The third kappa shape index (κ3) is 3.54. The van der Waals surface area contributed by atoms with E-state index < -0.39 is 18.3 Å². The van der Waals surface area contributed by atoms with Crippen LogP contribution in [0, 0.1) is 0 Å². The van der Waals surface area contributed by atoms with Crippen molar-refractivity contribution < 1.29 is 9.31 Å². The highest BCUT2D eigenvalue weighted by Gasteiger charge is 2.51. The number of benzene rings is 4. The molecule has 41 heavy (non-hydrogen) atoms. The predicted molar refractivity (Wildman–Crippen MR) is 169 cm³/mol. The Morgan fingerprint density at radius 3 is 1.73 bits per heavy atom. The van der Waals surface area contributed by atoms with Gasteiger partial charge in [0.15, 0.2) is 0 Å². The Bertz CT molecular complexity index is 2090. The maximum Gasteiger partial charge on any atom is 0.496 e. The van der Waals surface area contributed by atoms with Crippen LogP contribution in [0.3, 0.4) is 0 Å². The molecule has 1 aliphatic rings. The van der Waals surface area contributed by atoms with Gasteiger partial charge in [0.05, 0.1) is 33.3 Å². The number of hydrogen-bond donors (Lipinski definition) is 0. The van der Waals surface area contributed by atoms with Gasteiger partial charge in [0, 0.05) is 38.9 Å². The molecule has 6 heteroatoms. The fourth-order valence-electron chi connectivity index (χ4n) is 6.18. The van der Waals surface area contributed by atoms with Crippen molar-refractivity contribution in [1.82, 2.24) is 14.1 Å². The molecule has 4 heterocycles. The van der Waals surface area contributed by atoms with Crippen molar-refractivity contribution in [2.75, 3.05) is 0 Å². The molecule has 0 spiro atoms. The molecule has 0 atom stereocenters. The number of hydrogen-bond acceptors (Lipinski definition) is 3. The summed E-state index contributed by atoms with van der Waals surface area (Å²) in [6.07, 6.45) is 1.89. The monoisotopic (exact) mass is 535 g/mol. The van der Waals surface area contributed by atoms with Gasteiger partial charge in [-0.2, -0.15) is 0 Å². The van der Waals surface area contributed by atoms with Crippen molar-refractivity contribution in [3.8, 4) is 11.5 Å². The maximum atomic E-state index is 6.28. The van der Waals surface area contributed by atoms with Crippen LogP contribution < -0.4 is 5.46 Å². The number of rotatable bonds is 3. The number of aromatic nitrogens is 3. The topological polar surface area (TPSA) is 41.2 Å². The minimum absolute atomic E-state index is 0.397. The van der Waals surface area contributed by atoms with E-state index in [1.54, 1.807) is 0 Å². The second kappa shape index (κ2) is 8.56. The summed E-state index contributed by atoms with van der Waals surface area (Å²) < 4.78 is 17.2. The Morgan fingerprint density at radius 2 is 1.12 bits per heavy atom. The zero-order valence-electron chi connectivity index (χ0n) is 23.6. The van der Waals surface area contributed by atoms with E-state index in [2.05, 4.69) is 140 Å². The van der Waals surface area contributed by atoms with E-state index in [1.165, 1.54) is 32.6 Å². The average Bonchev–Trinajstić information content (AvgIpc) is 3.56. The Morgan fingerprint density at radius 1 is 0.561 bits per heavy atom. The number of nitrogens with zero attached hydrogens (tertiary/aromatic N) is 3. The van der Waals surface area contributed by atoms with Crippen LogP contribution in [0.1, 0.15) is 27.7 Å². The van der Waals surface area contributed by atoms with Crippen LogP contribution in [-0.2, 0) is 9.31 Å². The minimum atomic E-state index is -0.444. The van der Waals surface area contributed by atoms with Gasteiger partial charge >= 0.3 is 7.12 Å². The molecular weight excluding hydrogens is 505 g/mol. The SMILES string of the molecule is CC1(C)OB(c2ccc(-n3c4ccccc4c4cc5c6ccccc6n(-c6ccccc6)c5cc43)nc2)OC1(C)C. The van der Waals surface area contributed by atoms with Gasteiger partial charge in [-0.25, -0.2) is 4.98 Å². The van der Waals surface area contributed by atoms with Crippen LogP contribution in [0.2, 0.25) is 0 Å². The summed E-state index contributed by atoms with van der Waals surface area (Å²) in [4.78, 5) is 4.96. The second-order valence-corrected chi connectivity index (χ2v) is 12.0. The standard InChI is InChI=1S/C35H30BN3O2/c1-34(2)35(3,4)41-36(40-34)23-18-19-33(37-22-23)39-30-17-11-9-15-26(30)28-20-27-25-14-8-10-16-29(25)38(31(27)21-32(28)39)24-12-6-5-7-13-24/h5-22H,1-4H3. The summed E-state index contributed by atoms with van der Waals surface area (Å²) in [5.41, 5.74) is 5.88. The molecule has 4 aromatic carbocycles. The molecule has 8 rings (SSSR count). The number of para-hydroxylation sites is 3. The molecule has 0 amide bonds. The number of pyridine rings is 1. The third-order valence-electron chi connectivity index (χ3n) is 9.01. The van der Waals surface area contributed by atoms with Gasteiger partial charge in [-0.05, 0) is 70.2 Å². The Labute approximate surface area is 239 Å². The van der Waals surface area contributed by atoms with Gasteiger partial charge in [0.25, 0.3) is 0 Å².